The standard InChI is InChI=1S/C19H15F2N5O4S/c1-10-9-22-18(24-12-3-5-13(20)16(8-12)31(2,28)29)25-17(10)23-11-4-6-15-14(7-11)26(21)19(27)30-15/h3-9H,1-2H3,(H2,22,23,24,25). The molecule has 0 aliphatic carbocycles. The number of halogens is 2. The van der Waals surface area contributed by atoms with Crippen LogP contribution in [-0.2, 0) is 9.84 Å². The lowest BCUT2D eigenvalue weighted by atomic mass is 10.2. The van der Waals surface area contributed by atoms with E-state index in [2.05, 4.69) is 20.6 Å². The Kier molecular flexibility index (Phi) is 4.93. The molecule has 4 rings (SSSR count). The third-order valence-electron chi connectivity index (χ3n) is 4.35. The van der Waals surface area contributed by atoms with Crippen LogP contribution in [0.15, 0.2) is 56.7 Å². The van der Waals surface area contributed by atoms with Crippen LogP contribution >= 0.6 is 0 Å². The lowest BCUT2D eigenvalue weighted by Crippen LogP contribution is -2.05. The number of hydrogen-bond acceptors (Lipinski definition) is 8. The van der Waals surface area contributed by atoms with Gasteiger partial charge < -0.3 is 15.1 Å². The molecule has 160 valence electrons. The molecule has 0 saturated carbocycles. The summed E-state index contributed by atoms with van der Waals surface area (Å²) in [5, 5.41) is 5.83. The first kappa shape index (κ1) is 20.5. The first-order valence-electron chi connectivity index (χ1n) is 8.81. The maximum atomic E-state index is 13.8. The maximum Gasteiger partial charge on any atom is 0.448 e. The maximum absolute atomic E-state index is 13.8. The third kappa shape index (κ3) is 4.10. The second kappa shape index (κ2) is 7.47. The highest BCUT2D eigenvalue weighted by molar-refractivity contribution is 7.90. The minimum Gasteiger partial charge on any atom is -0.406 e. The number of sulfone groups is 1. The first-order valence-corrected chi connectivity index (χ1v) is 10.7. The average molecular weight is 447 g/mol. The topological polar surface area (TPSA) is 119 Å². The van der Waals surface area contributed by atoms with E-state index in [4.69, 9.17) is 4.42 Å². The Bertz CT molecular complexity index is 1480. The van der Waals surface area contributed by atoms with Gasteiger partial charge in [-0.1, -0.05) is 4.48 Å². The van der Waals surface area contributed by atoms with Crippen molar-refractivity contribution in [2.45, 2.75) is 11.8 Å². The summed E-state index contributed by atoms with van der Waals surface area (Å²) < 4.78 is 55.8. The highest BCUT2D eigenvalue weighted by atomic mass is 32.2. The predicted octanol–water partition coefficient (Wildman–Crippen LogP) is 3.46. The summed E-state index contributed by atoms with van der Waals surface area (Å²) >= 11 is 0. The number of nitrogens with zero attached hydrogens (tertiary/aromatic N) is 3. The van der Waals surface area contributed by atoms with Crippen LogP contribution in [0.3, 0.4) is 0 Å². The molecule has 12 heteroatoms. The molecule has 0 aliphatic rings. The fourth-order valence-corrected chi connectivity index (χ4v) is 3.59. The Morgan fingerprint density at radius 3 is 2.55 bits per heavy atom. The van der Waals surface area contributed by atoms with Crippen molar-refractivity contribution in [2.24, 2.45) is 0 Å². The number of anilines is 4. The number of oxazole rings is 1. The Morgan fingerprint density at radius 2 is 1.81 bits per heavy atom. The minimum atomic E-state index is -3.75. The molecule has 0 fully saturated rings. The molecule has 2 aromatic carbocycles. The average Bonchev–Trinajstić information content (AvgIpc) is 2.99. The summed E-state index contributed by atoms with van der Waals surface area (Å²) in [5.74, 6) is -1.49. The first-order chi connectivity index (χ1) is 14.6. The second-order valence-electron chi connectivity index (χ2n) is 6.72. The van der Waals surface area contributed by atoms with Crippen molar-refractivity contribution in [1.29, 1.82) is 0 Å². The number of hydrogen-bond donors (Lipinski definition) is 2. The molecule has 0 bridgehead atoms. The Balaban J connectivity index is 1.64. The molecular formula is C19H15F2N5O4S. The van der Waals surface area contributed by atoms with Crippen molar-refractivity contribution in [3.05, 3.63) is 64.5 Å². The molecule has 9 nitrogen and oxygen atoms in total. The van der Waals surface area contributed by atoms with E-state index in [0.717, 1.165) is 18.4 Å². The lowest BCUT2D eigenvalue weighted by Gasteiger charge is -2.12. The summed E-state index contributed by atoms with van der Waals surface area (Å²) in [4.78, 5) is 19.2. The van der Waals surface area contributed by atoms with Gasteiger partial charge in [-0.3, -0.25) is 0 Å². The van der Waals surface area contributed by atoms with Gasteiger partial charge in [-0.15, -0.1) is 4.79 Å². The minimum absolute atomic E-state index is 0.0420. The summed E-state index contributed by atoms with van der Waals surface area (Å²) in [6.07, 6.45) is 2.42. The van der Waals surface area contributed by atoms with Gasteiger partial charge >= 0.3 is 5.76 Å². The van der Waals surface area contributed by atoms with Crippen molar-refractivity contribution < 1.29 is 21.7 Å². The summed E-state index contributed by atoms with van der Waals surface area (Å²) in [6.45, 7) is 1.74. The normalized spacial score (nSPS) is 11.6. The third-order valence-corrected chi connectivity index (χ3v) is 5.46. The fourth-order valence-electron chi connectivity index (χ4n) is 2.83. The molecule has 0 radical (unpaired) electrons. The van der Waals surface area contributed by atoms with Crippen LogP contribution < -0.4 is 16.4 Å². The highest BCUT2D eigenvalue weighted by Crippen LogP contribution is 2.25. The molecular weight excluding hydrogens is 432 g/mol. The Morgan fingerprint density at radius 1 is 1.10 bits per heavy atom. The quantitative estimate of drug-likeness (QED) is 0.477. The highest BCUT2D eigenvalue weighted by Gasteiger charge is 2.15. The number of nitrogens with one attached hydrogen (secondary N) is 2. The van der Waals surface area contributed by atoms with Crippen molar-refractivity contribution in [3.8, 4) is 0 Å². The van der Waals surface area contributed by atoms with Crippen molar-refractivity contribution in [1.82, 2.24) is 14.8 Å². The van der Waals surface area contributed by atoms with Crippen molar-refractivity contribution >= 4 is 44.1 Å². The van der Waals surface area contributed by atoms with Crippen LogP contribution in [0.2, 0.25) is 0 Å². The molecule has 0 unspecified atom stereocenters. The van der Waals surface area contributed by atoms with Gasteiger partial charge in [0.15, 0.2) is 15.4 Å². The van der Waals surface area contributed by atoms with E-state index in [9.17, 15) is 22.1 Å². The zero-order valence-electron chi connectivity index (χ0n) is 16.2. The van der Waals surface area contributed by atoms with E-state index in [-0.39, 0.29) is 27.5 Å². The number of benzene rings is 2. The van der Waals surface area contributed by atoms with E-state index in [1.54, 1.807) is 13.0 Å². The van der Waals surface area contributed by atoms with Crippen molar-refractivity contribution in [2.75, 3.05) is 16.9 Å². The van der Waals surface area contributed by atoms with E-state index in [0.29, 0.717) is 17.1 Å². The molecule has 0 atom stereocenters. The molecule has 4 aromatic rings. The Labute approximate surface area is 174 Å². The van der Waals surface area contributed by atoms with E-state index < -0.39 is 26.3 Å². The monoisotopic (exact) mass is 447 g/mol. The molecule has 2 aromatic heterocycles. The van der Waals surface area contributed by atoms with Crippen LogP contribution in [0.1, 0.15) is 5.56 Å². The number of aromatic nitrogens is 3. The zero-order chi connectivity index (χ0) is 22.3. The molecule has 2 N–H and O–H groups in total. The molecule has 0 aliphatic heterocycles. The second-order valence-corrected chi connectivity index (χ2v) is 8.71. The Hall–Kier alpha value is -3.80. The van der Waals surface area contributed by atoms with Crippen LogP contribution in [0.25, 0.3) is 11.1 Å². The van der Waals surface area contributed by atoms with Crippen LogP contribution in [-0.4, -0.2) is 29.4 Å². The smallest absolute Gasteiger partial charge is 0.406 e. The number of rotatable bonds is 5. The van der Waals surface area contributed by atoms with Crippen LogP contribution in [0, 0.1) is 12.7 Å². The van der Waals surface area contributed by atoms with Gasteiger partial charge in [-0.2, -0.15) is 4.98 Å². The molecule has 31 heavy (non-hydrogen) atoms. The van der Waals surface area contributed by atoms with Gasteiger partial charge in [0.25, 0.3) is 0 Å². The van der Waals surface area contributed by atoms with Gasteiger partial charge in [-0.05, 0) is 43.3 Å². The molecule has 0 saturated heterocycles. The lowest BCUT2D eigenvalue weighted by molar-refractivity contribution is 0.331. The number of fused-ring (bicyclic) bond motifs is 1. The molecule has 2 heterocycles. The van der Waals surface area contributed by atoms with E-state index in [1.165, 1.54) is 24.4 Å². The molecule has 0 spiro atoms. The van der Waals surface area contributed by atoms with E-state index >= 15 is 0 Å². The van der Waals surface area contributed by atoms with Gasteiger partial charge in [0.2, 0.25) is 5.95 Å². The summed E-state index contributed by atoms with van der Waals surface area (Å²) in [7, 11) is -3.75. The number of aryl methyl sites for hydroxylation is 1. The van der Waals surface area contributed by atoms with E-state index in [1.807, 2.05) is 0 Å². The SMILES string of the molecule is Cc1cnc(Nc2ccc(F)c(S(C)(=O)=O)c2)nc1Nc1ccc2oc(=O)n(F)c2c1. The zero-order valence-corrected chi connectivity index (χ0v) is 17.0. The van der Waals surface area contributed by atoms with Gasteiger partial charge in [0, 0.05) is 29.4 Å². The molecule has 0 amide bonds. The van der Waals surface area contributed by atoms with Gasteiger partial charge in [0.05, 0.1) is 0 Å². The van der Waals surface area contributed by atoms with Crippen LogP contribution in [0.4, 0.5) is 32.0 Å². The summed E-state index contributed by atoms with van der Waals surface area (Å²) in [5.41, 5.74) is 1.43. The van der Waals surface area contributed by atoms with Gasteiger partial charge in [-0.25, -0.2) is 22.6 Å². The fraction of sp³-hybridized carbons (Fsp3) is 0.105. The summed E-state index contributed by atoms with van der Waals surface area (Å²) in [6, 6.07) is 7.94. The van der Waals surface area contributed by atoms with Crippen molar-refractivity contribution in [3.63, 3.8) is 0 Å². The van der Waals surface area contributed by atoms with Crippen LogP contribution in [0.5, 0.6) is 0 Å². The largest absolute Gasteiger partial charge is 0.448 e. The van der Waals surface area contributed by atoms with Gasteiger partial charge in [0.1, 0.15) is 22.0 Å². The predicted molar refractivity (Wildman–Crippen MR) is 110 cm³/mol.